The van der Waals surface area contributed by atoms with E-state index < -0.39 is 13.5 Å². The maximum absolute atomic E-state index is 2.89. The van der Waals surface area contributed by atoms with Crippen LogP contribution in [0.15, 0.2) is 206 Å². The highest BCUT2D eigenvalue weighted by molar-refractivity contribution is 7.22. The fourth-order valence-corrected chi connectivity index (χ4v) is 18.0. The van der Waals surface area contributed by atoms with Gasteiger partial charge in [-0.3, -0.25) is 0 Å². The van der Waals surface area contributed by atoms with Crippen molar-refractivity contribution in [2.24, 2.45) is 0 Å². The molecule has 0 atom stereocenters. The third-order valence-corrected chi connectivity index (χ3v) is 20.6. The van der Waals surface area contributed by atoms with Gasteiger partial charge >= 0.3 is 0 Å². The van der Waals surface area contributed by atoms with Gasteiger partial charge in [0.1, 0.15) is 0 Å². The maximum atomic E-state index is 2.72. The molecule has 66 heavy (non-hydrogen) atoms. The van der Waals surface area contributed by atoms with Crippen molar-refractivity contribution in [2.45, 2.75) is 57.8 Å². The molecule has 3 aliphatic heterocycles. The zero-order valence-electron chi connectivity index (χ0n) is 38.7. The van der Waals surface area contributed by atoms with E-state index in [4.69, 9.17) is 0 Å². The fourth-order valence-electron chi connectivity index (χ4n) is 12.8. The van der Waals surface area contributed by atoms with E-state index in [1.54, 1.807) is 0 Å². The topological polar surface area (TPSA) is 3.24 Å². The molecular formula is C63H52BNSi. The zero-order chi connectivity index (χ0) is 44.7. The van der Waals surface area contributed by atoms with Crippen LogP contribution in [0.5, 0.6) is 0 Å². The summed E-state index contributed by atoms with van der Waals surface area (Å²) in [5.41, 5.74) is 21.0. The van der Waals surface area contributed by atoms with Gasteiger partial charge in [-0.1, -0.05) is 235 Å². The number of hydrogen-bond donors (Lipinski definition) is 0. The van der Waals surface area contributed by atoms with Crippen LogP contribution in [0, 0.1) is 0 Å². The van der Waals surface area contributed by atoms with Gasteiger partial charge in [-0.2, -0.15) is 0 Å². The highest BCUT2D eigenvalue weighted by Gasteiger charge is 2.58. The molecule has 0 saturated heterocycles. The minimum atomic E-state index is -2.89. The number of nitrogens with zero attached hydrogens (tertiary/aromatic N) is 1. The van der Waals surface area contributed by atoms with Gasteiger partial charge in [0.15, 0.2) is 8.07 Å². The summed E-state index contributed by atoms with van der Waals surface area (Å²) in [4.78, 5) is 2.72. The van der Waals surface area contributed by atoms with Gasteiger partial charge < -0.3 is 4.90 Å². The molecule has 0 N–H and O–H groups in total. The molecule has 9 aromatic rings. The van der Waals surface area contributed by atoms with Crippen molar-refractivity contribution in [3.05, 3.63) is 240 Å². The largest absolute Gasteiger partial charge is 0.312 e. The van der Waals surface area contributed by atoms with Crippen LogP contribution in [0.25, 0.3) is 22.3 Å². The van der Waals surface area contributed by atoms with Crippen molar-refractivity contribution in [1.29, 1.82) is 0 Å². The van der Waals surface area contributed by atoms with Crippen LogP contribution < -0.4 is 42.0 Å². The molecule has 4 aliphatic rings. The van der Waals surface area contributed by atoms with Crippen LogP contribution in [0.2, 0.25) is 0 Å². The summed E-state index contributed by atoms with van der Waals surface area (Å²) in [6, 6.07) is 80.5. The van der Waals surface area contributed by atoms with Gasteiger partial charge in [-0.15, -0.1) is 0 Å². The number of hydrogen-bond acceptors (Lipinski definition) is 1. The molecule has 13 rings (SSSR count). The molecule has 9 aromatic carbocycles. The number of rotatable bonds is 3. The Hall–Kier alpha value is -6.94. The monoisotopic (exact) mass is 861 g/mol. The van der Waals surface area contributed by atoms with Crippen LogP contribution in [0.1, 0.15) is 74.9 Å². The summed E-state index contributed by atoms with van der Waals surface area (Å²) < 4.78 is 0. The molecule has 0 saturated carbocycles. The lowest BCUT2D eigenvalue weighted by Crippen LogP contribution is -2.79. The first-order chi connectivity index (χ1) is 32.0. The molecule has 0 unspecified atom stereocenters. The Morgan fingerprint density at radius 3 is 1.61 bits per heavy atom. The average Bonchev–Trinajstić information content (AvgIpc) is 3.64. The minimum Gasteiger partial charge on any atom is -0.312 e. The lowest BCUT2D eigenvalue weighted by molar-refractivity contribution is 0.588. The predicted molar refractivity (Wildman–Crippen MR) is 283 cm³/mol. The van der Waals surface area contributed by atoms with Gasteiger partial charge in [0.05, 0.1) is 5.41 Å². The predicted octanol–water partition coefficient (Wildman–Crippen LogP) is 10.6. The van der Waals surface area contributed by atoms with Gasteiger partial charge in [0, 0.05) is 17.1 Å². The summed E-state index contributed by atoms with van der Waals surface area (Å²) in [7, 11) is -2.89. The molecule has 0 aromatic heterocycles. The first-order valence-electron chi connectivity index (χ1n) is 23.8. The number of benzene rings is 9. The van der Waals surface area contributed by atoms with Gasteiger partial charge in [0.25, 0.3) is 0 Å². The van der Waals surface area contributed by atoms with Gasteiger partial charge in [-0.25, -0.2) is 0 Å². The Morgan fingerprint density at radius 1 is 0.409 bits per heavy atom. The van der Waals surface area contributed by atoms with Crippen LogP contribution in [0.3, 0.4) is 0 Å². The summed E-state index contributed by atoms with van der Waals surface area (Å²) in [5.74, 6) is 0. The van der Waals surface area contributed by atoms with Crippen LogP contribution in [0.4, 0.5) is 17.1 Å². The summed E-state index contributed by atoms with van der Waals surface area (Å²) >= 11 is 0. The second kappa shape index (κ2) is 13.8. The molecule has 0 radical (unpaired) electrons. The van der Waals surface area contributed by atoms with E-state index in [-0.39, 0.29) is 17.5 Å². The molecule has 0 fully saturated rings. The lowest BCUT2D eigenvalue weighted by atomic mass is 9.29. The minimum absolute atomic E-state index is 0.0107. The molecule has 1 spiro atoms. The average molecular weight is 862 g/mol. The van der Waals surface area contributed by atoms with E-state index in [1.807, 2.05) is 0 Å². The Kier molecular flexibility index (Phi) is 8.24. The normalized spacial score (nSPS) is 15.3. The number of fused-ring (bicyclic) bond motifs is 13. The van der Waals surface area contributed by atoms with Gasteiger partial charge in [-0.05, 0) is 116 Å². The van der Waals surface area contributed by atoms with Crippen LogP contribution in [-0.2, 0) is 16.2 Å². The molecule has 3 heteroatoms. The molecular weight excluding hydrogens is 810 g/mol. The van der Waals surface area contributed by atoms with E-state index in [2.05, 4.69) is 253 Å². The standard InChI is InChI=1S/C63H52BNSi/c1-61(2,3)43-34-32-41(33-35-43)42-38-52-59-56(39-42)65-55-29-17-18-30-57(55)66(45-20-9-7-10-21-45,46-22-11-8-12-23-46)58-31-19-28-54(60(58)65)64(59)53-37-36-44(62(4,5)6)40-51(53)63(52)49-26-15-13-24-47(49)48-25-14-16-27-50(48)63/h7-40H,1-6H3. The Bertz CT molecular complexity index is 3360. The molecule has 0 bridgehead atoms. The molecule has 3 heterocycles. The van der Waals surface area contributed by atoms with Crippen molar-refractivity contribution < 1.29 is 0 Å². The van der Waals surface area contributed by atoms with E-state index >= 15 is 0 Å². The first-order valence-corrected chi connectivity index (χ1v) is 25.8. The quantitative estimate of drug-likeness (QED) is 0.160. The fraction of sp³-hybridized carbons (Fsp3) is 0.143. The highest BCUT2D eigenvalue weighted by atomic mass is 28.3. The van der Waals surface area contributed by atoms with Crippen molar-refractivity contribution in [1.82, 2.24) is 0 Å². The van der Waals surface area contributed by atoms with E-state index in [0.717, 1.165) is 0 Å². The van der Waals surface area contributed by atoms with E-state index in [9.17, 15) is 0 Å². The van der Waals surface area contributed by atoms with Crippen molar-refractivity contribution in [2.75, 3.05) is 4.90 Å². The molecule has 1 nitrogen and oxygen atoms in total. The Labute approximate surface area is 391 Å². The van der Waals surface area contributed by atoms with Gasteiger partial charge in [0.2, 0.25) is 6.71 Å². The second-order valence-electron chi connectivity index (χ2n) is 21.2. The summed E-state index contributed by atoms with van der Waals surface area (Å²) in [6.45, 7) is 14.0. The number of anilines is 3. The second-order valence-corrected chi connectivity index (χ2v) is 24.9. The first kappa shape index (κ1) is 39.4. The van der Waals surface area contributed by atoms with Crippen molar-refractivity contribution >= 4 is 69.0 Å². The zero-order valence-corrected chi connectivity index (χ0v) is 39.7. The smallest absolute Gasteiger partial charge is 0.247 e. The van der Waals surface area contributed by atoms with Crippen LogP contribution >= 0.6 is 0 Å². The molecule has 316 valence electrons. The maximum Gasteiger partial charge on any atom is 0.247 e. The van der Waals surface area contributed by atoms with E-state index in [0.29, 0.717) is 0 Å². The van der Waals surface area contributed by atoms with E-state index in [1.165, 1.54) is 110 Å². The Balaban J connectivity index is 1.22. The Morgan fingerprint density at radius 2 is 0.970 bits per heavy atom. The van der Waals surface area contributed by atoms with Crippen LogP contribution in [-0.4, -0.2) is 14.8 Å². The summed E-state index contributed by atoms with van der Waals surface area (Å²) in [5, 5.41) is 5.70. The van der Waals surface area contributed by atoms with Crippen molar-refractivity contribution in [3.63, 3.8) is 0 Å². The molecule has 0 amide bonds. The SMILES string of the molecule is CC(C)(C)c1ccc(-c2cc3c4c(c2)C2(c5cc(C(C)(C)C)ccc5B4c4cccc5c4N3c3ccccc3[Si]5(c3ccccc3)c3ccccc3)c3ccccc3-c3ccccc32)cc1. The lowest BCUT2D eigenvalue weighted by Gasteiger charge is -2.52. The third-order valence-electron chi connectivity index (χ3n) is 15.7. The van der Waals surface area contributed by atoms with Crippen molar-refractivity contribution in [3.8, 4) is 22.3 Å². The molecule has 1 aliphatic carbocycles. The third kappa shape index (κ3) is 5.13. The summed E-state index contributed by atoms with van der Waals surface area (Å²) in [6.07, 6.45) is 0. The number of para-hydroxylation sites is 2. The highest BCUT2D eigenvalue weighted by Crippen LogP contribution is 2.58.